The van der Waals surface area contributed by atoms with E-state index >= 15 is 0 Å². The second-order valence-electron chi connectivity index (χ2n) is 5.27. The molecule has 19 heavy (non-hydrogen) atoms. The molecule has 1 aromatic heterocycles. The molecule has 1 aliphatic rings. The maximum absolute atomic E-state index is 3.81. The van der Waals surface area contributed by atoms with Crippen LogP contribution in [0.1, 0.15) is 42.3 Å². The predicted molar refractivity (Wildman–Crippen MR) is 85.5 cm³/mol. The summed E-state index contributed by atoms with van der Waals surface area (Å²) in [6, 6.07) is 14.0. The van der Waals surface area contributed by atoms with Crippen molar-refractivity contribution in [1.29, 1.82) is 0 Å². The van der Waals surface area contributed by atoms with Gasteiger partial charge in [0.25, 0.3) is 0 Å². The first-order valence-corrected chi connectivity index (χ1v) is 8.46. The summed E-state index contributed by atoms with van der Waals surface area (Å²) in [6.45, 7) is 2.26. The van der Waals surface area contributed by atoms with Gasteiger partial charge in [-0.1, -0.05) is 34.1 Å². The molecule has 1 heterocycles. The third-order valence-electron chi connectivity index (χ3n) is 3.74. The van der Waals surface area contributed by atoms with Gasteiger partial charge in [-0.2, -0.15) is 0 Å². The summed E-state index contributed by atoms with van der Waals surface area (Å²) in [5.74, 6) is 0.830. The van der Waals surface area contributed by atoms with E-state index in [1.54, 1.807) is 0 Å². The van der Waals surface area contributed by atoms with Crippen molar-refractivity contribution in [2.24, 2.45) is 5.92 Å². The van der Waals surface area contributed by atoms with Crippen LogP contribution in [0.5, 0.6) is 0 Å². The molecule has 0 aliphatic heterocycles. The van der Waals surface area contributed by atoms with E-state index in [4.69, 9.17) is 0 Å². The van der Waals surface area contributed by atoms with Crippen molar-refractivity contribution < 1.29 is 0 Å². The highest BCUT2D eigenvalue weighted by Crippen LogP contribution is 2.43. The number of benzene rings is 1. The normalized spacial score (nSPS) is 18.2. The fourth-order valence-corrected chi connectivity index (χ4v) is 3.61. The summed E-state index contributed by atoms with van der Waals surface area (Å²) in [4.78, 5) is 1.48. The Labute approximate surface area is 127 Å². The molecule has 1 unspecified atom stereocenters. The quantitative estimate of drug-likeness (QED) is 0.780. The van der Waals surface area contributed by atoms with E-state index in [0.717, 1.165) is 10.4 Å². The standard InChI is InChI=1S/C16H18BrNS/c1-11(12-6-8-14(17)9-7-12)18-16(13-4-5-13)15-3-2-10-19-15/h2-3,6-11,13,16,18H,4-5H2,1H3/t11-,16?/m1/s1. The second kappa shape index (κ2) is 5.78. The molecule has 1 fully saturated rings. The summed E-state index contributed by atoms with van der Waals surface area (Å²) in [5, 5.41) is 5.99. The Morgan fingerprint density at radius 2 is 1.95 bits per heavy atom. The molecule has 0 saturated heterocycles. The van der Waals surface area contributed by atoms with Gasteiger partial charge in [-0.3, -0.25) is 0 Å². The van der Waals surface area contributed by atoms with Crippen LogP contribution in [0.25, 0.3) is 0 Å². The van der Waals surface area contributed by atoms with Gasteiger partial charge in [-0.15, -0.1) is 11.3 Å². The summed E-state index contributed by atoms with van der Waals surface area (Å²) in [6.07, 6.45) is 2.73. The molecule has 2 atom stereocenters. The molecule has 3 rings (SSSR count). The molecule has 0 radical (unpaired) electrons. The lowest BCUT2D eigenvalue weighted by Gasteiger charge is -2.23. The van der Waals surface area contributed by atoms with E-state index in [2.05, 4.69) is 69.9 Å². The Balaban J connectivity index is 1.73. The lowest BCUT2D eigenvalue weighted by Crippen LogP contribution is -2.25. The van der Waals surface area contributed by atoms with Crippen LogP contribution < -0.4 is 5.32 Å². The van der Waals surface area contributed by atoms with E-state index in [-0.39, 0.29) is 0 Å². The monoisotopic (exact) mass is 335 g/mol. The van der Waals surface area contributed by atoms with E-state index in [1.165, 1.54) is 23.3 Å². The van der Waals surface area contributed by atoms with Gasteiger partial charge in [-0.05, 0) is 54.8 Å². The third-order valence-corrected chi connectivity index (χ3v) is 5.23. The van der Waals surface area contributed by atoms with E-state index < -0.39 is 0 Å². The zero-order valence-electron chi connectivity index (χ0n) is 11.0. The molecule has 1 N–H and O–H groups in total. The van der Waals surface area contributed by atoms with Gasteiger partial charge in [-0.25, -0.2) is 0 Å². The highest BCUT2D eigenvalue weighted by Gasteiger charge is 2.33. The first kappa shape index (κ1) is 13.3. The molecule has 1 aliphatic carbocycles. The molecule has 0 bridgehead atoms. The Bertz CT molecular complexity index is 516. The minimum Gasteiger partial charge on any atom is -0.302 e. The van der Waals surface area contributed by atoms with Gasteiger partial charge in [0.15, 0.2) is 0 Å². The van der Waals surface area contributed by atoms with Crippen molar-refractivity contribution >= 4 is 27.3 Å². The van der Waals surface area contributed by atoms with E-state index in [1.807, 2.05) is 11.3 Å². The minimum absolute atomic E-state index is 0.390. The average Bonchev–Trinajstić information content (AvgIpc) is 3.11. The molecule has 0 amide bonds. The first-order valence-electron chi connectivity index (χ1n) is 6.79. The number of hydrogen-bond acceptors (Lipinski definition) is 2. The highest BCUT2D eigenvalue weighted by molar-refractivity contribution is 9.10. The van der Waals surface area contributed by atoms with Crippen LogP contribution in [0.4, 0.5) is 0 Å². The van der Waals surface area contributed by atoms with E-state index in [9.17, 15) is 0 Å². The SMILES string of the molecule is C[C@@H](NC(c1cccs1)C1CC1)c1ccc(Br)cc1. The zero-order valence-corrected chi connectivity index (χ0v) is 13.4. The number of nitrogens with one attached hydrogen (secondary N) is 1. The maximum atomic E-state index is 3.81. The lowest BCUT2D eigenvalue weighted by molar-refractivity contribution is 0.433. The maximum Gasteiger partial charge on any atom is 0.0448 e. The van der Waals surface area contributed by atoms with Gasteiger partial charge < -0.3 is 5.32 Å². The van der Waals surface area contributed by atoms with Crippen molar-refractivity contribution in [1.82, 2.24) is 5.32 Å². The van der Waals surface area contributed by atoms with Crippen LogP contribution in [-0.4, -0.2) is 0 Å². The predicted octanol–water partition coefficient (Wildman–Crippen LogP) is 5.31. The average molecular weight is 336 g/mol. The van der Waals surface area contributed by atoms with Gasteiger partial charge in [0.2, 0.25) is 0 Å². The van der Waals surface area contributed by atoms with Gasteiger partial charge in [0, 0.05) is 21.4 Å². The van der Waals surface area contributed by atoms with Crippen LogP contribution in [0, 0.1) is 5.92 Å². The fraction of sp³-hybridized carbons (Fsp3) is 0.375. The Morgan fingerprint density at radius 3 is 2.53 bits per heavy atom. The molecular formula is C16H18BrNS. The van der Waals surface area contributed by atoms with Crippen molar-refractivity contribution in [3.63, 3.8) is 0 Å². The molecule has 1 aromatic carbocycles. The topological polar surface area (TPSA) is 12.0 Å². The van der Waals surface area contributed by atoms with Crippen molar-refractivity contribution in [2.75, 3.05) is 0 Å². The van der Waals surface area contributed by atoms with E-state index in [0.29, 0.717) is 12.1 Å². The van der Waals surface area contributed by atoms with Crippen LogP contribution in [-0.2, 0) is 0 Å². The van der Waals surface area contributed by atoms with Crippen molar-refractivity contribution in [3.8, 4) is 0 Å². The number of hydrogen-bond donors (Lipinski definition) is 1. The molecule has 1 saturated carbocycles. The summed E-state index contributed by atoms with van der Waals surface area (Å²) < 4.78 is 1.14. The summed E-state index contributed by atoms with van der Waals surface area (Å²) >= 11 is 5.36. The Hall–Kier alpha value is -0.640. The number of rotatable bonds is 5. The molecule has 1 nitrogen and oxygen atoms in total. The van der Waals surface area contributed by atoms with Crippen LogP contribution in [0.15, 0.2) is 46.3 Å². The van der Waals surface area contributed by atoms with Crippen molar-refractivity contribution in [3.05, 3.63) is 56.7 Å². The second-order valence-corrected chi connectivity index (χ2v) is 7.17. The molecule has 3 heteroatoms. The highest BCUT2D eigenvalue weighted by atomic mass is 79.9. The van der Waals surface area contributed by atoms with Crippen LogP contribution in [0.3, 0.4) is 0 Å². The Kier molecular flexibility index (Phi) is 4.06. The van der Waals surface area contributed by atoms with Crippen LogP contribution in [0.2, 0.25) is 0 Å². The smallest absolute Gasteiger partial charge is 0.0448 e. The first-order chi connectivity index (χ1) is 9.24. The third kappa shape index (κ3) is 3.28. The van der Waals surface area contributed by atoms with Gasteiger partial charge in [0.1, 0.15) is 0 Å². The number of halogens is 1. The number of thiophene rings is 1. The minimum atomic E-state index is 0.390. The molecule has 100 valence electrons. The van der Waals surface area contributed by atoms with Gasteiger partial charge in [0.05, 0.1) is 0 Å². The van der Waals surface area contributed by atoms with Gasteiger partial charge >= 0.3 is 0 Å². The van der Waals surface area contributed by atoms with Crippen LogP contribution >= 0.6 is 27.3 Å². The Morgan fingerprint density at radius 1 is 1.21 bits per heavy atom. The molecule has 0 spiro atoms. The largest absolute Gasteiger partial charge is 0.302 e. The fourth-order valence-electron chi connectivity index (χ4n) is 2.47. The summed E-state index contributed by atoms with van der Waals surface area (Å²) in [5.41, 5.74) is 1.35. The lowest BCUT2D eigenvalue weighted by atomic mass is 10.0. The van der Waals surface area contributed by atoms with Crippen molar-refractivity contribution in [2.45, 2.75) is 31.8 Å². The molecule has 2 aromatic rings. The molecular weight excluding hydrogens is 318 g/mol. The zero-order chi connectivity index (χ0) is 13.2. The summed E-state index contributed by atoms with van der Waals surface area (Å²) in [7, 11) is 0.